The first kappa shape index (κ1) is 21.1. The van der Waals surface area contributed by atoms with Crippen LogP contribution in [0.5, 0.6) is 0 Å². The van der Waals surface area contributed by atoms with Crippen LogP contribution in [0.15, 0.2) is 9.85 Å². The summed E-state index contributed by atoms with van der Waals surface area (Å²) in [6.07, 6.45) is 1.35. The fraction of sp³-hybridized carbons (Fsp3) is 0.688. The van der Waals surface area contributed by atoms with Gasteiger partial charge < -0.3 is 0 Å². The van der Waals surface area contributed by atoms with Crippen LogP contribution in [-0.4, -0.2) is 8.96 Å². The van der Waals surface area contributed by atoms with E-state index in [0.29, 0.717) is 17.9 Å². The van der Waals surface area contributed by atoms with E-state index in [-0.39, 0.29) is 4.75 Å². The lowest BCUT2D eigenvalue weighted by molar-refractivity contribution is 0.331. The van der Waals surface area contributed by atoms with Gasteiger partial charge in [-0.05, 0) is 76.4 Å². The van der Waals surface area contributed by atoms with Gasteiger partial charge in [-0.1, -0.05) is 11.6 Å². The monoisotopic (exact) mass is 438 g/mol. The Kier molecular flexibility index (Phi) is 6.91. The lowest BCUT2D eigenvalue weighted by Gasteiger charge is -2.34. The zero-order chi connectivity index (χ0) is 18.1. The van der Waals surface area contributed by atoms with E-state index >= 15 is 0 Å². The summed E-state index contributed by atoms with van der Waals surface area (Å²) in [5.74, 6) is 0. The molecule has 0 saturated heterocycles. The highest BCUT2D eigenvalue weighted by atomic mass is 79.9. The molecule has 0 aliphatic rings. The smallest absolute Gasteiger partial charge is 0.0978 e. The molecule has 1 N–H and O–H groups in total. The van der Waals surface area contributed by atoms with Gasteiger partial charge in [-0.15, -0.1) is 11.3 Å². The van der Waals surface area contributed by atoms with E-state index < -0.39 is 21.9 Å². The van der Waals surface area contributed by atoms with E-state index in [1.54, 1.807) is 0 Å². The SMILES string of the molecule is CC(C)(C#N)CC[C@](C)(N[S@](=O)C(C)(C)C)c1sc(Br)cc1Cl. The zero-order valence-electron chi connectivity index (χ0n) is 14.4. The first-order valence-corrected chi connectivity index (χ1v) is 10.5. The van der Waals surface area contributed by atoms with Gasteiger partial charge in [-0.2, -0.15) is 5.26 Å². The molecule has 0 fully saturated rings. The van der Waals surface area contributed by atoms with Gasteiger partial charge in [-0.25, -0.2) is 8.93 Å². The molecule has 1 aromatic rings. The number of thiophene rings is 1. The second-order valence-corrected chi connectivity index (χ2v) is 12.3. The van der Waals surface area contributed by atoms with Crippen molar-refractivity contribution >= 4 is 49.9 Å². The van der Waals surface area contributed by atoms with Crippen molar-refractivity contribution in [3.63, 3.8) is 0 Å². The second kappa shape index (κ2) is 7.53. The van der Waals surface area contributed by atoms with Crippen molar-refractivity contribution in [2.45, 2.75) is 64.7 Å². The molecule has 0 amide bonds. The molecule has 0 aromatic carbocycles. The highest BCUT2D eigenvalue weighted by Gasteiger charge is 2.37. The first-order chi connectivity index (χ1) is 10.3. The zero-order valence-corrected chi connectivity index (χ0v) is 18.4. The van der Waals surface area contributed by atoms with E-state index in [9.17, 15) is 9.47 Å². The maximum atomic E-state index is 12.7. The third-order valence-electron chi connectivity index (χ3n) is 3.58. The molecule has 23 heavy (non-hydrogen) atoms. The van der Waals surface area contributed by atoms with Crippen LogP contribution in [0.25, 0.3) is 0 Å². The molecular formula is C16H24BrClN2OS2. The molecule has 0 aliphatic heterocycles. The number of rotatable bonds is 6. The van der Waals surface area contributed by atoms with Crippen molar-refractivity contribution in [2.75, 3.05) is 0 Å². The maximum Gasteiger partial charge on any atom is 0.0978 e. The summed E-state index contributed by atoms with van der Waals surface area (Å²) in [7, 11) is -1.24. The predicted octanol–water partition coefficient (Wildman–Crippen LogP) is 5.76. The van der Waals surface area contributed by atoms with Crippen LogP contribution in [0.1, 0.15) is 59.3 Å². The summed E-state index contributed by atoms with van der Waals surface area (Å²) in [6.45, 7) is 11.6. The van der Waals surface area contributed by atoms with E-state index in [1.165, 1.54) is 11.3 Å². The van der Waals surface area contributed by atoms with Crippen LogP contribution >= 0.6 is 38.9 Å². The number of nitriles is 1. The van der Waals surface area contributed by atoms with Crippen LogP contribution in [0.2, 0.25) is 5.02 Å². The van der Waals surface area contributed by atoms with Crippen molar-refractivity contribution in [1.29, 1.82) is 5.26 Å². The molecule has 1 aromatic heterocycles. The molecule has 0 unspecified atom stereocenters. The first-order valence-electron chi connectivity index (χ1n) is 7.37. The van der Waals surface area contributed by atoms with Crippen molar-refractivity contribution in [1.82, 2.24) is 4.72 Å². The molecule has 1 rings (SSSR count). The topological polar surface area (TPSA) is 52.9 Å². The quantitative estimate of drug-likeness (QED) is 0.612. The van der Waals surface area contributed by atoms with Crippen molar-refractivity contribution in [2.24, 2.45) is 5.41 Å². The Hall–Kier alpha value is 0.0700. The summed E-state index contributed by atoms with van der Waals surface area (Å²) in [5, 5.41) is 9.92. The van der Waals surface area contributed by atoms with Crippen molar-refractivity contribution < 1.29 is 4.21 Å². The Balaban J connectivity index is 3.18. The minimum Gasteiger partial charge on any atom is -0.242 e. The number of halogens is 2. The number of hydrogen-bond donors (Lipinski definition) is 1. The molecule has 0 saturated carbocycles. The molecule has 0 spiro atoms. The summed E-state index contributed by atoms with van der Waals surface area (Å²) in [5.41, 5.74) is -0.993. The van der Waals surface area contributed by atoms with Crippen LogP contribution < -0.4 is 4.72 Å². The Bertz CT molecular complexity index is 631. The van der Waals surface area contributed by atoms with Crippen LogP contribution in [0, 0.1) is 16.7 Å². The summed E-state index contributed by atoms with van der Waals surface area (Å²) >= 11 is 11.4. The largest absolute Gasteiger partial charge is 0.242 e. The Morgan fingerprint density at radius 1 is 1.30 bits per heavy atom. The van der Waals surface area contributed by atoms with Gasteiger partial charge in [0.1, 0.15) is 0 Å². The average Bonchev–Trinajstić information content (AvgIpc) is 2.75. The van der Waals surface area contributed by atoms with Gasteiger partial charge in [0.05, 0.1) is 41.6 Å². The molecule has 2 atom stereocenters. The third-order valence-corrected chi connectivity index (χ3v) is 7.65. The van der Waals surface area contributed by atoms with Gasteiger partial charge in [0.25, 0.3) is 0 Å². The maximum absolute atomic E-state index is 12.7. The van der Waals surface area contributed by atoms with Crippen molar-refractivity contribution in [3.05, 3.63) is 19.8 Å². The average molecular weight is 440 g/mol. The van der Waals surface area contributed by atoms with Gasteiger partial charge in [0.15, 0.2) is 0 Å². The van der Waals surface area contributed by atoms with Gasteiger partial charge in [-0.3, -0.25) is 0 Å². The number of nitrogens with one attached hydrogen (secondary N) is 1. The molecular weight excluding hydrogens is 416 g/mol. The van der Waals surface area contributed by atoms with E-state index in [0.717, 1.165) is 8.66 Å². The highest BCUT2D eigenvalue weighted by Crippen LogP contribution is 2.42. The van der Waals surface area contributed by atoms with Gasteiger partial charge in [0.2, 0.25) is 0 Å². The molecule has 7 heteroatoms. The molecule has 1 heterocycles. The summed E-state index contributed by atoms with van der Waals surface area (Å²) < 4.78 is 16.5. The Labute approximate surface area is 159 Å². The van der Waals surface area contributed by atoms with E-state index in [2.05, 4.69) is 26.7 Å². The molecule has 0 bridgehead atoms. The number of nitrogens with zero attached hydrogens (tertiary/aromatic N) is 1. The fourth-order valence-corrected chi connectivity index (χ4v) is 5.14. The lowest BCUT2D eigenvalue weighted by Crippen LogP contribution is -2.46. The predicted molar refractivity (Wildman–Crippen MR) is 104 cm³/mol. The molecule has 130 valence electrons. The molecule has 0 aliphatic carbocycles. The van der Waals surface area contributed by atoms with Crippen LogP contribution in [0.4, 0.5) is 0 Å². The minimum atomic E-state index is -1.24. The highest BCUT2D eigenvalue weighted by molar-refractivity contribution is 9.11. The lowest BCUT2D eigenvalue weighted by atomic mass is 9.83. The molecule has 0 radical (unpaired) electrons. The second-order valence-electron chi connectivity index (χ2n) is 7.54. The van der Waals surface area contributed by atoms with Gasteiger partial charge >= 0.3 is 0 Å². The summed E-state index contributed by atoms with van der Waals surface area (Å²) in [6, 6.07) is 4.18. The van der Waals surface area contributed by atoms with Gasteiger partial charge in [0, 0.05) is 4.88 Å². The molecule has 3 nitrogen and oxygen atoms in total. The van der Waals surface area contributed by atoms with E-state index in [1.807, 2.05) is 47.6 Å². The van der Waals surface area contributed by atoms with Crippen molar-refractivity contribution in [3.8, 4) is 6.07 Å². The van der Waals surface area contributed by atoms with Crippen LogP contribution in [0.3, 0.4) is 0 Å². The summed E-state index contributed by atoms with van der Waals surface area (Å²) in [4.78, 5) is 0.942. The normalized spacial score (nSPS) is 16.7. The van der Waals surface area contributed by atoms with Crippen LogP contribution in [-0.2, 0) is 16.5 Å². The minimum absolute atomic E-state index is 0.382. The Morgan fingerprint density at radius 3 is 2.26 bits per heavy atom. The number of hydrogen-bond acceptors (Lipinski definition) is 3. The fourth-order valence-electron chi connectivity index (χ4n) is 1.90. The Morgan fingerprint density at radius 2 is 1.87 bits per heavy atom. The standard InChI is InChI=1S/C16H24BrClN2OS2/c1-14(2,3)23(21)20-16(6,8-7-15(4,5)10-19)13-11(18)9-12(17)22-13/h9,20H,7-8H2,1-6H3/t16-,23+/m0/s1. The third kappa shape index (κ3) is 5.82. The van der Waals surface area contributed by atoms with E-state index in [4.69, 9.17) is 11.6 Å².